The number of unbranched alkanes of at least 4 members (excludes halogenated alkanes) is 2. The van der Waals surface area contributed by atoms with Gasteiger partial charge in [-0.25, -0.2) is 4.58 Å². The summed E-state index contributed by atoms with van der Waals surface area (Å²) in [7, 11) is 8.08. The molecule has 0 aromatic heterocycles. The Morgan fingerprint density at radius 3 is 2.47 bits per heavy atom. The maximum Gasteiger partial charge on any atom is 0.165 e. The third kappa shape index (κ3) is 17.4. The second kappa shape index (κ2) is 24.7. The Kier molecular flexibility index (Phi) is 20.9. The van der Waals surface area contributed by atoms with Crippen LogP contribution in [0.25, 0.3) is 6.08 Å². The summed E-state index contributed by atoms with van der Waals surface area (Å²) in [4.78, 5) is 9.15. The van der Waals surface area contributed by atoms with Gasteiger partial charge in [-0.15, -0.1) is 6.42 Å². The molecule has 4 nitrogen and oxygen atoms in total. The highest BCUT2D eigenvalue weighted by molar-refractivity contribution is 8.76. The van der Waals surface area contributed by atoms with Crippen LogP contribution in [0.1, 0.15) is 58.4 Å². The zero-order valence-corrected chi connectivity index (χ0v) is 31.1. The molecule has 0 saturated heterocycles. The first-order valence-electron chi connectivity index (χ1n) is 17.0. The largest absolute Gasteiger partial charge is 0.378 e. The molecule has 0 aliphatic carbocycles. The molecule has 1 aromatic rings. The zero-order chi connectivity index (χ0) is 34.1. The minimum Gasteiger partial charge on any atom is -0.378 e. The number of aliphatic imine (C=N–C) groups is 1. The van der Waals surface area contributed by atoms with Gasteiger partial charge in [0.1, 0.15) is 6.21 Å². The molecule has 1 unspecified atom stereocenters. The van der Waals surface area contributed by atoms with Gasteiger partial charge in [0.2, 0.25) is 0 Å². The van der Waals surface area contributed by atoms with Crippen molar-refractivity contribution in [3.8, 4) is 12.3 Å². The van der Waals surface area contributed by atoms with Crippen molar-refractivity contribution in [2.75, 3.05) is 56.7 Å². The molecule has 1 aliphatic rings. The Bertz CT molecular complexity index is 1350. The first kappa shape index (κ1) is 39.8. The number of terminal acetylenes is 1. The lowest BCUT2D eigenvalue weighted by molar-refractivity contribution is -0.449. The minimum atomic E-state index is 0.375. The van der Waals surface area contributed by atoms with Gasteiger partial charge >= 0.3 is 0 Å². The molecule has 0 fully saturated rings. The molecule has 0 spiro atoms. The van der Waals surface area contributed by atoms with Crippen LogP contribution in [0, 0.1) is 18.3 Å². The molecule has 0 bridgehead atoms. The van der Waals surface area contributed by atoms with E-state index in [1.165, 1.54) is 42.6 Å². The van der Waals surface area contributed by atoms with Gasteiger partial charge in [0.25, 0.3) is 0 Å². The van der Waals surface area contributed by atoms with Crippen molar-refractivity contribution in [2.24, 2.45) is 10.9 Å². The summed E-state index contributed by atoms with van der Waals surface area (Å²) in [5.74, 6) is 5.25. The van der Waals surface area contributed by atoms with E-state index in [9.17, 15) is 0 Å². The van der Waals surface area contributed by atoms with Crippen LogP contribution < -0.4 is 4.90 Å². The number of benzene rings is 1. The van der Waals surface area contributed by atoms with Gasteiger partial charge in [-0.2, -0.15) is 0 Å². The van der Waals surface area contributed by atoms with Crippen LogP contribution in [0.15, 0.2) is 107 Å². The van der Waals surface area contributed by atoms with Crippen molar-refractivity contribution in [1.29, 1.82) is 0 Å². The summed E-state index contributed by atoms with van der Waals surface area (Å²) in [6.07, 6.45) is 36.8. The quantitative estimate of drug-likeness (QED) is 0.0306. The fraction of sp³-hybridized carbons (Fsp3) is 0.415. The fourth-order valence-corrected chi connectivity index (χ4v) is 6.38. The van der Waals surface area contributed by atoms with Crippen molar-refractivity contribution in [3.05, 3.63) is 108 Å². The molecular weight excluding hydrogens is 613 g/mol. The summed E-state index contributed by atoms with van der Waals surface area (Å²) in [6.45, 7) is 14.5. The summed E-state index contributed by atoms with van der Waals surface area (Å²) in [6, 6.07) is 8.70. The van der Waals surface area contributed by atoms with Crippen molar-refractivity contribution in [3.63, 3.8) is 0 Å². The predicted octanol–water partition coefficient (Wildman–Crippen LogP) is 9.87. The first-order chi connectivity index (χ1) is 22.9. The van der Waals surface area contributed by atoms with Crippen LogP contribution >= 0.6 is 21.6 Å². The monoisotopic (exact) mass is 669 g/mol. The van der Waals surface area contributed by atoms with Crippen LogP contribution in [-0.4, -0.2) is 73.7 Å². The van der Waals surface area contributed by atoms with Gasteiger partial charge in [-0.3, -0.25) is 4.99 Å². The Morgan fingerprint density at radius 2 is 1.79 bits per heavy atom. The molecule has 1 heterocycles. The van der Waals surface area contributed by atoms with E-state index in [2.05, 4.69) is 140 Å². The van der Waals surface area contributed by atoms with Crippen LogP contribution in [0.3, 0.4) is 0 Å². The third-order valence-electron chi connectivity index (χ3n) is 7.86. The van der Waals surface area contributed by atoms with Gasteiger partial charge in [-0.1, -0.05) is 97.2 Å². The van der Waals surface area contributed by atoms with E-state index >= 15 is 0 Å². The molecule has 2 rings (SSSR count). The molecule has 252 valence electrons. The predicted molar refractivity (Wildman–Crippen MR) is 216 cm³/mol. The number of allylic oxidation sites excluding steroid dienone is 11. The van der Waals surface area contributed by atoms with Crippen LogP contribution in [-0.2, 0) is 0 Å². The Labute approximate surface area is 295 Å². The molecule has 0 saturated carbocycles. The molecule has 1 atom stereocenters. The van der Waals surface area contributed by atoms with Gasteiger partial charge in [-0.05, 0) is 73.4 Å². The average molecular weight is 670 g/mol. The maximum absolute atomic E-state index is 5.76. The second-order valence-electron chi connectivity index (χ2n) is 11.6. The van der Waals surface area contributed by atoms with E-state index in [1.807, 2.05) is 46.0 Å². The van der Waals surface area contributed by atoms with E-state index in [0.717, 1.165) is 55.3 Å². The van der Waals surface area contributed by atoms with E-state index in [-0.39, 0.29) is 0 Å². The summed E-state index contributed by atoms with van der Waals surface area (Å²) >= 11 is 0. The van der Waals surface area contributed by atoms with Crippen molar-refractivity contribution in [2.45, 2.75) is 52.9 Å². The lowest BCUT2D eigenvalue weighted by atomic mass is 10.0. The Hall–Kier alpha value is -3.40. The van der Waals surface area contributed by atoms with Crippen LogP contribution in [0.5, 0.6) is 0 Å². The molecule has 0 radical (unpaired) electrons. The summed E-state index contributed by atoms with van der Waals surface area (Å²) in [5, 5.41) is 0. The highest BCUT2D eigenvalue weighted by Crippen LogP contribution is 2.21. The van der Waals surface area contributed by atoms with Gasteiger partial charge < -0.3 is 9.80 Å². The third-order valence-corrected chi connectivity index (χ3v) is 10.2. The number of anilines is 1. The van der Waals surface area contributed by atoms with Gasteiger partial charge in [0, 0.05) is 75.0 Å². The molecule has 47 heavy (non-hydrogen) atoms. The van der Waals surface area contributed by atoms with Crippen molar-refractivity contribution >= 4 is 45.8 Å². The number of rotatable bonds is 22. The second-order valence-corrected chi connectivity index (χ2v) is 14.3. The molecular formula is C41H57N4S2+. The summed E-state index contributed by atoms with van der Waals surface area (Å²) in [5.41, 5.74) is 5.61. The van der Waals surface area contributed by atoms with Crippen molar-refractivity contribution < 1.29 is 4.58 Å². The number of nitrogens with zero attached hydrogens (tertiary/aromatic N) is 4. The van der Waals surface area contributed by atoms with E-state index in [1.54, 1.807) is 0 Å². The Morgan fingerprint density at radius 1 is 1.04 bits per heavy atom. The normalized spacial score (nSPS) is 15.9. The minimum absolute atomic E-state index is 0.375. The standard InChI is InChI=1S/C41H57N4S2/c1-8-12-29-43(6)36(5)14-15-37(10-3)16-19-40-25-31-45(32-26-40)33-35-47-46-34-28-42-27-24-38(11-4)17-18-39-20-22-41(23-21-39)44(7)30-13-9-2/h3,11,14-25,27,31-32,40H,4,8-9,12-13,26,28-30,33-35H2,1-2,5-7H3/q+1/b18-17+,19-16+,36-14+,37-15+,38-24+,42-27?. The number of hydrogen-bond acceptors (Lipinski definition) is 5. The lowest BCUT2D eigenvalue weighted by Gasteiger charge is -2.18. The van der Waals surface area contributed by atoms with Crippen molar-refractivity contribution in [1.82, 2.24) is 4.90 Å². The fourth-order valence-electron chi connectivity index (χ4n) is 4.53. The van der Waals surface area contributed by atoms with Crippen LogP contribution in [0.4, 0.5) is 5.69 Å². The number of hydrogen-bond donors (Lipinski definition) is 0. The molecule has 0 N–H and O–H groups in total. The zero-order valence-electron chi connectivity index (χ0n) is 29.5. The smallest absolute Gasteiger partial charge is 0.165 e. The summed E-state index contributed by atoms with van der Waals surface area (Å²) < 4.78 is 2.29. The maximum atomic E-state index is 5.76. The molecule has 0 amide bonds. The van der Waals surface area contributed by atoms with Gasteiger partial charge in [0.05, 0.1) is 5.75 Å². The van der Waals surface area contributed by atoms with Crippen LogP contribution in [0.2, 0.25) is 0 Å². The van der Waals surface area contributed by atoms with Gasteiger partial charge in [0.15, 0.2) is 12.7 Å². The SMILES string of the molecule is C#CC(=C\C=C(/C)N(C)CCCC)/C=C/C1C=C[N+](CCSSCCN=C/C=C(C=C)/C=C/c2ccc(N(C)CCCC)cc2)=CC1. The molecule has 1 aromatic carbocycles. The average Bonchev–Trinajstić information content (AvgIpc) is 3.10. The highest BCUT2D eigenvalue weighted by Gasteiger charge is 2.11. The molecule has 6 heteroatoms. The first-order valence-corrected chi connectivity index (χ1v) is 19.5. The molecule has 1 aliphatic heterocycles. The lowest BCUT2D eigenvalue weighted by Crippen LogP contribution is -2.17. The highest BCUT2D eigenvalue weighted by atomic mass is 33.1. The Balaban J connectivity index is 1.65. The topological polar surface area (TPSA) is 21.9 Å². The van der Waals surface area contributed by atoms with E-state index in [4.69, 9.17) is 6.42 Å². The van der Waals surface area contributed by atoms with E-state index < -0.39 is 0 Å². The van der Waals surface area contributed by atoms with E-state index in [0.29, 0.717) is 5.92 Å².